The largest absolute Gasteiger partial charge is 0.496 e. The van der Waals surface area contributed by atoms with Gasteiger partial charge in [0.05, 0.1) is 7.11 Å². The third kappa shape index (κ3) is 3.45. The molecule has 0 aromatic heterocycles. The summed E-state index contributed by atoms with van der Waals surface area (Å²) in [5, 5.41) is 3.71. The Kier molecular flexibility index (Phi) is 4.56. The summed E-state index contributed by atoms with van der Waals surface area (Å²) in [6, 6.07) is 17.6. The van der Waals surface area contributed by atoms with Crippen molar-refractivity contribution in [2.45, 2.75) is 38.3 Å². The summed E-state index contributed by atoms with van der Waals surface area (Å²) in [7, 11) is 1.77. The lowest BCUT2D eigenvalue weighted by Gasteiger charge is -2.18. The molecule has 0 saturated heterocycles. The van der Waals surface area contributed by atoms with Crippen LogP contribution < -0.4 is 10.1 Å². The monoisotopic (exact) mass is 281 g/mol. The molecule has 0 radical (unpaired) electrons. The van der Waals surface area contributed by atoms with E-state index in [9.17, 15) is 0 Å². The molecule has 0 saturated carbocycles. The predicted octanol–water partition coefficient (Wildman–Crippen LogP) is 3.73. The minimum Gasteiger partial charge on any atom is -0.496 e. The van der Waals surface area contributed by atoms with Crippen LogP contribution in [0.15, 0.2) is 48.5 Å². The van der Waals surface area contributed by atoms with Crippen molar-refractivity contribution in [1.29, 1.82) is 0 Å². The maximum Gasteiger partial charge on any atom is 0.122 e. The Bertz CT molecular complexity index is 579. The highest BCUT2D eigenvalue weighted by Crippen LogP contribution is 2.28. The quantitative estimate of drug-likeness (QED) is 0.862. The molecule has 1 N–H and O–H groups in total. The fourth-order valence-electron chi connectivity index (χ4n) is 3.19. The van der Waals surface area contributed by atoms with Crippen LogP contribution in [0.25, 0.3) is 0 Å². The Morgan fingerprint density at radius 1 is 1.10 bits per heavy atom. The molecule has 1 unspecified atom stereocenters. The van der Waals surface area contributed by atoms with Crippen molar-refractivity contribution in [1.82, 2.24) is 5.32 Å². The van der Waals surface area contributed by atoms with E-state index in [4.69, 9.17) is 4.74 Å². The zero-order chi connectivity index (χ0) is 14.5. The van der Waals surface area contributed by atoms with Crippen molar-refractivity contribution in [3.63, 3.8) is 0 Å². The van der Waals surface area contributed by atoms with Gasteiger partial charge in [-0.1, -0.05) is 42.5 Å². The van der Waals surface area contributed by atoms with Gasteiger partial charge in [-0.3, -0.25) is 0 Å². The molecule has 2 nitrogen and oxygen atoms in total. The lowest BCUT2D eigenvalue weighted by Crippen LogP contribution is -2.30. The van der Waals surface area contributed by atoms with Gasteiger partial charge in [0.2, 0.25) is 0 Å². The van der Waals surface area contributed by atoms with Gasteiger partial charge in [-0.05, 0) is 48.4 Å². The first kappa shape index (κ1) is 14.2. The number of ether oxygens (including phenoxy) is 1. The van der Waals surface area contributed by atoms with E-state index in [1.165, 1.54) is 29.5 Å². The maximum atomic E-state index is 5.55. The average molecular weight is 281 g/mol. The number of aryl methyl sites for hydroxylation is 1. The third-order valence-electron chi connectivity index (χ3n) is 4.34. The number of fused-ring (bicyclic) bond motifs is 1. The summed E-state index contributed by atoms with van der Waals surface area (Å²) < 4.78 is 5.55. The Morgan fingerprint density at radius 2 is 1.95 bits per heavy atom. The average Bonchev–Trinajstić information content (AvgIpc) is 2.75. The molecule has 1 aliphatic rings. The smallest absolute Gasteiger partial charge is 0.122 e. The fourth-order valence-corrected chi connectivity index (χ4v) is 3.19. The summed E-state index contributed by atoms with van der Waals surface area (Å²) >= 11 is 0. The van der Waals surface area contributed by atoms with Crippen LogP contribution in [0.2, 0.25) is 0 Å². The Hall–Kier alpha value is -1.80. The van der Waals surface area contributed by atoms with Crippen molar-refractivity contribution < 1.29 is 4.74 Å². The zero-order valence-corrected chi connectivity index (χ0v) is 12.6. The second kappa shape index (κ2) is 6.77. The topological polar surface area (TPSA) is 21.3 Å². The van der Waals surface area contributed by atoms with E-state index in [0.717, 1.165) is 25.1 Å². The number of rotatable bonds is 4. The van der Waals surface area contributed by atoms with Gasteiger partial charge < -0.3 is 10.1 Å². The molecule has 1 atom stereocenters. The zero-order valence-electron chi connectivity index (χ0n) is 12.6. The van der Waals surface area contributed by atoms with Crippen LogP contribution >= 0.6 is 0 Å². The highest BCUT2D eigenvalue weighted by molar-refractivity contribution is 5.41. The number of benzene rings is 2. The van der Waals surface area contributed by atoms with Crippen LogP contribution in [0.4, 0.5) is 0 Å². The van der Waals surface area contributed by atoms with Gasteiger partial charge in [0, 0.05) is 12.6 Å². The van der Waals surface area contributed by atoms with Gasteiger partial charge in [0.15, 0.2) is 0 Å². The van der Waals surface area contributed by atoms with Crippen LogP contribution in [0.3, 0.4) is 0 Å². The van der Waals surface area contributed by atoms with E-state index >= 15 is 0 Å². The predicted molar refractivity (Wildman–Crippen MR) is 86.7 cm³/mol. The second-order valence-electron chi connectivity index (χ2n) is 5.76. The number of methoxy groups -OCH3 is 1. The maximum absolute atomic E-state index is 5.55. The molecular formula is C19H23NO. The Morgan fingerprint density at radius 3 is 2.76 bits per heavy atom. The van der Waals surface area contributed by atoms with Crippen LogP contribution in [0, 0.1) is 0 Å². The first-order valence-corrected chi connectivity index (χ1v) is 7.79. The summed E-state index contributed by atoms with van der Waals surface area (Å²) in [4.78, 5) is 0. The Labute approximate surface area is 127 Å². The van der Waals surface area contributed by atoms with Gasteiger partial charge in [-0.2, -0.15) is 0 Å². The van der Waals surface area contributed by atoms with E-state index in [1.54, 1.807) is 7.11 Å². The molecule has 0 amide bonds. The third-order valence-corrected chi connectivity index (χ3v) is 4.34. The first-order valence-electron chi connectivity index (χ1n) is 7.79. The molecule has 110 valence electrons. The van der Waals surface area contributed by atoms with Gasteiger partial charge >= 0.3 is 0 Å². The molecule has 0 spiro atoms. The SMILES string of the molecule is COc1cccc2c1CC(NCc1ccccc1)CCC2. The Balaban J connectivity index is 1.70. The fraction of sp³-hybridized carbons (Fsp3) is 0.368. The van der Waals surface area contributed by atoms with Crippen LogP contribution in [-0.4, -0.2) is 13.2 Å². The van der Waals surface area contributed by atoms with Gasteiger partial charge in [-0.25, -0.2) is 0 Å². The number of hydrogen-bond acceptors (Lipinski definition) is 2. The van der Waals surface area contributed by atoms with Crippen LogP contribution in [-0.2, 0) is 19.4 Å². The molecule has 1 aliphatic carbocycles. The highest BCUT2D eigenvalue weighted by atomic mass is 16.5. The highest BCUT2D eigenvalue weighted by Gasteiger charge is 2.19. The molecule has 2 heteroatoms. The lowest BCUT2D eigenvalue weighted by molar-refractivity contribution is 0.403. The molecule has 2 aromatic carbocycles. The second-order valence-corrected chi connectivity index (χ2v) is 5.76. The van der Waals surface area contributed by atoms with E-state index in [2.05, 4.69) is 53.8 Å². The standard InChI is InChI=1S/C19H23NO/c1-21-19-12-6-10-16-9-5-11-17(13-18(16)19)20-14-15-7-3-2-4-8-15/h2-4,6-8,10,12,17,20H,5,9,11,13-14H2,1H3. The minimum absolute atomic E-state index is 0.530. The molecular weight excluding hydrogens is 258 g/mol. The summed E-state index contributed by atoms with van der Waals surface area (Å²) in [5.74, 6) is 1.04. The number of nitrogens with one attached hydrogen (secondary N) is 1. The van der Waals surface area contributed by atoms with E-state index in [0.29, 0.717) is 6.04 Å². The van der Waals surface area contributed by atoms with E-state index < -0.39 is 0 Å². The van der Waals surface area contributed by atoms with E-state index in [1.807, 2.05) is 0 Å². The van der Waals surface area contributed by atoms with Crippen molar-refractivity contribution >= 4 is 0 Å². The molecule has 0 bridgehead atoms. The van der Waals surface area contributed by atoms with Crippen molar-refractivity contribution in [2.24, 2.45) is 0 Å². The van der Waals surface area contributed by atoms with Gasteiger partial charge in [-0.15, -0.1) is 0 Å². The number of hydrogen-bond donors (Lipinski definition) is 1. The summed E-state index contributed by atoms with van der Waals surface area (Å²) in [6.45, 7) is 0.940. The molecule has 2 aromatic rings. The molecule has 0 heterocycles. The van der Waals surface area contributed by atoms with Crippen molar-refractivity contribution in [3.8, 4) is 5.75 Å². The molecule has 3 rings (SSSR count). The molecule has 21 heavy (non-hydrogen) atoms. The van der Waals surface area contributed by atoms with E-state index in [-0.39, 0.29) is 0 Å². The summed E-state index contributed by atoms with van der Waals surface area (Å²) in [5.41, 5.74) is 4.20. The van der Waals surface area contributed by atoms with Crippen LogP contribution in [0.5, 0.6) is 5.75 Å². The lowest BCUT2D eigenvalue weighted by atomic mass is 10.0. The van der Waals surface area contributed by atoms with Crippen molar-refractivity contribution in [3.05, 3.63) is 65.2 Å². The molecule has 0 aliphatic heterocycles. The normalized spacial score (nSPS) is 17.9. The summed E-state index contributed by atoms with van der Waals surface area (Å²) in [6.07, 6.45) is 4.69. The van der Waals surface area contributed by atoms with Gasteiger partial charge in [0.25, 0.3) is 0 Å². The molecule has 0 fully saturated rings. The van der Waals surface area contributed by atoms with Crippen molar-refractivity contribution in [2.75, 3.05) is 7.11 Å². The minimum atomic E-state index is 0.530. The van der Waals surface area contributed by atoms with Gasteiger partial charge in [0.1, 0.15) is 5.75 Å². The van der Waals surface area contributed by atoms with Crippen LogP contribution in [0.1, 0.15) is 29.5 Å². The first-order chi connectivity index (χ1) is 10.4.